The van der Waals surface area contributed by atoms with Crippen molar-refractivity contribution in [3.8, 4) is 0 Å². The molecule has 0 aliphatic rings. The Bertz CT molecular complexity index is 310. The van der Waals surface area contributed by atoms with E-state index < -0.39 is 0 Å². The first-order valence-electron chi connectivity index (χ1n) is 5.00. The third-order valence-corrected chi connectivity index (χ3v) is 1.84. The highest BCUT2D eigenvalue weighted by Gasteiger charge is 1.99. The summed E-state index contributed by atoms with van der Waals surface area (Å²) in [5.41, 5.74) is 5.43. The molecule has 0 rings (SSSR count). The molecule has 0 aromatic carbocycles. The highest BCUT2D eigenvalue weighted by molar-refractivity contribution is 5.77. The lowest BCUT2D eigenvalue weighted by Crippen LogP contribution is -2.20. The average Bonchev–Trinajstić information content (AvgIpc) is 2.21. The van der Waals surface area contributed by atoms with Crippen molar-refractivity contribution in [2.45, 2.75) is 12.8 Å². The maximum absolute atomic E-state index is 11.1. The van der Waals surface area contributed by atoms with Crippen molar-refractivity contribution in [3.63, 3.8) is 0 Å². The number of amides is 2. The highest BCUT2D eigenvalue weighted by Crippen LogP contribution is 1.89. The Labute approximate surface area is 96.5 Å². The second-order valence-electron chi connectivity index (χ2n) is 3.68. The van der Waals surface area contributed by atoms with E-state index in [9.17, 15) is 9.59 Å². The van der Waals surface area contributed by atoms with Crippen LogP contribution in [0.25, 0.3) is 0 Å². The largest absolute Gasteiger partial charge is 0.349 e. The number of hydrogen-bond acceptors (Lipinski definition) is 2. The third-order valence-electron chi connectivity index (χ3n) is 1.84. The fourth-order valence-electron chi connectivity index (χ4n) is 0.760. The fourth-order valence-corrected chi connectivity index (χ4v) is 0.760. The molecule has 0 aromatic rings. The first-order valence-corrected chi connectivity index (χ1v) is 5.00. The van der Waals surface area contributed by atoms with Crippen LogP contribution in [-0.2, 0) is 9.59 Å². The molecule has 16 heavy (non-hydrogen) atoms. The van der Waals surface area contributed by atoms with Crippen LogP contribution in [0.15, 0.2) is 23.6 Å². The van der Waals surface area contributed by atoms with Gasteiger partial charge in [0.25, 0.3) is 0 Å². The van der Waals surface area contributed by atoms with Gasteiger partial charge >= 0.3 is 0 Å². The quantitative estimate of drug-likeness (QED) is 0.660. The fraction of sp³-hybridized carbons (Fsp3) is 0.500. The molecule has 0 fully saturated rings. The van der Waals surface area contributed by atoms with E-state index in [0.717, 1.165) is 0 Å². The number of carbonyl (C=O) groups excluding carboxylic acids is 2. The smallest absolute Gasteiger partial charge is 0.226 e. The Balaban J connectivity index is 4.08. The standard InChI is InChI=1S/C12H18N2O2/c1-13(2)11(15)9-7-5-6-8-10-12(16)14(3)4/h7-8H,9-10H2,1-4H3. The summed E-state index contributed by atoms with van der Waals surface area (Å²) in [6, 6.07) is 0. The van der Waals surface area contributed by atoms with Crippen molar-refractivity contribution < 1.29 is 9.59 Å². The van der Waals surface area contributed by atoms with Crippen LogP contribution in [0.5, 0.6) is 0 Å². The predicted octanol–water partition coefficient (Wildman–Crippen LogP) is 0.809. The van der Waals surface area contributed by atoms with Crippen LogP contribution in [0.2, 0.25) is 0 Å². The van der Waals surface area contributed by atoms with E-state index in [1.807, 2.05) is 0 Å². The van der Waals surface area contributed by atoms with Gasteiger partial charge in [0, 0.05) is 28.2 Å². The maximum Gasteiger partial charge on any atom is 0.226 e. The molecule has 4 heteroatoms. The van der Waals surface area contributed by atoms with Gasteiger partial charge in [0.2, 0.25) is 11.8 Å². The van der Waals surface area contributed by atoms with Gasteiger partial charge in [-0.05, 0) is 12.2 Å². The molecule has 2 amide bonds. The first kappa shape index (κ1) is 14.2. The van der Waals surface area contributed by atoms with Gasteiger partial charge in [-0.3, -0.25) is 9.59 Å². The Hall–Kier alpha value is -1.76. The summed E-state index contributed by atoms with van der Waals surface area (Å²) in [5, 5.41) is 0. The van der Waals surface area contributed by atoms with Crippen molar-refractivity contribution in [1.29, 1.82) is 0 Å². The molecule has 0 radical (unpaired) electrons. The molecule has 4 nitrogen and oxygen atoms in total. The molecule has 0 unspecified atom stereocenters. The minimum absolute atomic E-state index is 0.0127. The molecule has 88 valence electrons. The van der Waals surface area contributed by atoms with Crippen LogP contribution in [0, 0.1) is 0 Å². The molecule has 0 bridgehead atoms. The number of hydrogen-bond donors (Lipinski definition) is 0. The van der Waals surface area contributed by atoms with Gasteiger partial charge in [-0.15, -0.1) is 0 Å². The summed E-state index contributed by atoms with van der Waals surface area (Å²) < 4.78 is 0. The molecule has 0 spiro atoms. The monoisotopic (exact) mass is 222 g/mol. The van der Waals surface area contributed by atoms with Gasteiger partial charge < -0.3 is 9.80 Å². The normalized spacial score (nSPS) is 8.50. The molecular weight excluding hydrogens is 204 g/mol. The van der Waals surface area contributed by atoms with Gasteiger partial charge in [0.1, 0.15) is 0 Å². The SMILES string of the molecule is CN(C)C(=O)CC=C=C=CCC(=O)N(C)C. The average molecular weight is 222 g/mol. The van der Waals surface area contributed by atoms with Crippen molar-refractivity contribution in [1.82, 2.24) is 9.80 Å². The maximum atomic E-state index is 11.1. The van der Waals surface area contributed by atoms with E-state index in [2.05, 4.69) is 11.5 Å². The zero-order valence-corrected chi connectivity index (χ0v) is 10.3. The molecule has 0 heterocycles. The van der Waals surface area contributed by atoms with E-state index in [0.29, 0.717) is 12.8 Å². The number of carbonyl (C=O) groups is 2. The summed E-state index contributed by atoms with van der Waals surface area (Å²) in [5.74, 6) is 0.0253. The highest BCUT2D eigenvalue weighted by atomic mass is 16.2. The number of nitrogens with zero attached hydrogens (tertiary/aromatic N) is 2. The Morgan fingerprint density at radius 2 is 1.19 bits per heavy atom. The second-order valence-corrected chi connectivity index (χ2v) is 3.68. The minimum Gasteiger partial charge on any atom is -0.349 e. The van der Waals surface area contributed by atoms with Crippen molar-refractivity contribution in [2.24, 2.45) is 0 Å². The van der Waals surface area contributed by atoms with Gasteiger partial charge in [-0.2, -0.15) is 0 Å². The summed E-state index contributed by atoms with van der Waals surface area (Å²) in [4.78, 5) is 25.3. The zero-order valence-electron chi connectivity index (χ0n) is 10.3. The molecule has 0 aromatic heterocycles. The van der Waals surface area contributed by atoms with Gasteiger partial charge in [-0.1, -0.05) is 11.5 Å². The Morgan fingerprint density at radius 3 is 1.44 bits per heavy atom. The Morgan fingerprint density at radius 1 is 0.875 bits per heavy atom. The summed E-state index contributed by atoms with van der Waals surface area (Å²) in [6.45, 7) is 0. The molecule has 0 saturated heterocycles. The molecule has 0 aliphatic carbocycles. The molecule has 0 atom stereocenters. The Kier molecular flexibility index (Phi) is 6.69. The second kappa shape index (κ2) is 7.52. The number of rotatable bonds is 4. The van der Waals surface area contributed by atoms with Crippen molar-refractivity contribution in [3.05, 3.63) is 23.6 Å². The van der Waals surface area contributed by atoms with E-state index in [1.54, 1.807) is 40.3 Å². The lowest BCUT2D eigenvalue weighted by molar-refractivity contribution is -0.128. The summed E-state index contributed by atoms with van der Waals surface area (Å²) >= 11 is 0. The van der Waals surface area contributed by atoms with Crippen LogP contribution in [0.1, 0.15) is 12.8 Å². The van der Waals surface area contributed by atoms with Gasteiger partial charge in [0.15, 0.2) is 0 Å². The molecule has 0 saturated carbocycles. The van der Waals surface area contributed by atoms with Crippen LogP contribution >= 0.6 is 0 Å². The molecule has 0 N–H and O–H groups in total. The topological polar surface area (TPSA) is 40.6 Å². The van der Waals surface area contributed by atoms with E-state index in [4.69, 9.17) is 0 Å². The van der Waals surface area contributed by atoms with Crippen molar-refractivity contribution >= 4 is 11.8 Å². The zero-order chi connectivity index (χ0) is 12.6. The summed E-state index contributed by atoms with van der Waals surface area (Å²) in [7, 11) is 6.80. The van der Waals surface area contributed by atoms with E-state index in [1.165, 1.54) is 9.80 Å². The van der Waals surface area contributed by atoms with E-state index >= 15 is 0 Å². The lowest BCUT2D eigenvalue weighted by Gasteiger charge is -2.06. The summed E-state index contributed by atoms with van der Waals surface area (Å²) in [6.07, 6.45) is 3.79. The predicted molar refractivity (Wildman–Crippen MR) is 62.8 cm³/mol. The van der Waals surface area contributed by atoms with Crippen LogP contribution in [0.4, 0.5) is 0 Å². The van der Waals surface area contributed by atoms with Crippen molar-refractivity contribution in [2.75, 3.05) is 28.2 Å². The van der Waals surface area contributed by atoms with Crippen LogP contribution < -0.4 is 0 Å². The third kappa shape index (κ3) is 6.66. The van der Waals surface area contributed by atoms with Crippen LogP contribution in [-0.4, -0.2) is 49.8 Å². The molecule has 0 aliphatic heterocycles. The van der Waals surface area contributed by atoms with Gasteiger partial charge in [0.05, 0.1) is 12.8 Å². The molecular formula is C12H18N2O2. The first-order chi connectivity index (χ1) is 7.45. The van der Waals surface area contributed by atoms with E-state index in [-0.39, 0.29) is 11.8 Å². The van der Waals surface area contributed by atoms with Gasteiger partial charge in [-0.25, -0.2) is 0 Å². The van der Waals surface area contributed by atoms with Crippen LogP contribution in [0.3, 0.4) is 0 Å². The lowest BCUT2D eigenvalue weighted by atomic mass is 10.3. The minimum atomic E-state index is 0.0127.